The Morgan fingerprint density at radius 1 is 1.60 bits per heavy atom. The lowest BCUT2D eigenvalue weighted by Gasteiger charge is -2.02. The van der Waals surface area contributed by atoms with Crippen molar-refractivity contribution in [2.24, 2.45) is 7.05 Å². The number of tetrazole rings is 1. The fourth-order valence-corrected chi connectivity index (χ4v) is 1.49. The van der Waals surface area contributed by atoms with Gasteiger partial charge in [0.2, 0.25) is 5.16 Å². The third kappa shape index (κ3) is 4.28. The van der Waals surface area contributed by atoms with Gasteiger partial charge in [0, 0.05) is 7.05 Å². The van der Waals surface area contributed by atoms with Gasteiger partial charge in [-0.25, -0.2) is 4.68 Å². The zero-order valence-corrected chi connectivity index (χ0v) is 9.66. The minimum Gasteiger partial charge on any atom is -0.465 e. The van der Waals surface area contributed by atoms with Crippen molar-refractivity contribution in [1.82, 2.24) is 20.2 Å². The van der Waals surface area contributed by atoms with Crippen molar-refractivity contribution in [3.8, 4) is 0 Å². The van der Waals surface area contributed by atoms with Crippen LogP contribution >= 0.6 is 11.8 Å². The van der Waals surface area contributed by atoms with Gasteiger partial charge < -0.3 is 4.74 Å². The van der Waals surface area contributed by atoms with Crippen LogP contribution in [0.2, 0.25) is 0 Å². The molecule has 0 spiro atoms. The van der Waals surface area contributed by atoms with E-state index < -0.39 is 0 Å². The van der Waals surface area contributed by atoms with Gasteiger partial charge in [0.05, 0.1) is 12.4 Å². The Labute approximate surface area is 92.4 Å². The van der Waals surface area contributed by atoms with Gasteiger partial charge in [-0.05, 0) is 16.8 Å². The summed E-state index contributed by atoms with van der Waals surface area (Å²) in [5.74, 6) is 0.0224. The standard InChI is InChI=1S/C8H14N4O2S/c1-3-4-5-14-7(13)6-15-8-9-10-11-12(8)2/h3-6H2,1-2H3. The summed E-state index contributed by atoms with van der Waals surface area (Å²) in [6.07, 6.45) is 1.93. The summed E-state index contributed by atoms with van der Waals surface area (Å²) in [5.41, 5.74) is 0. The number of aromatic nitrogens is 4. The van der Waals surface area contributed by atoms with E-state index in [-0.39, 0.29) is 11.7 Å². The highest BCUT2D eigenvalue weighted by Crippen LogP contribution is 2.12. The van der Waals surface area contributed by atoms with Gasteiger partial charge in [-0.15, -0.1) is 5.10 Å². The van der Waals surface area contributed by atoms with E-state index in [0.29, 0.717) is 11.8 Å². The number of carbonyl (C=O) groups excluding carboxylic acids is 1. The Bertz CT molecular complexity index is 315. The molecule has 1 aromatic heterocycles. The molecule has 0 amide bonds. The number of unbranched alkanes of at least 4 members (excludes halogenated alkanes) is 1. The first-order valence-electron chi connectivity index (χ1n) is 4.74. The van der Waals surface area contributed by atoms with Crippen LogP contribution in [0.4, 0.5) is 0 Å². The Balaban J connectivity index is 2.20. The second kappa shape index (κ2) is 6.39. The molecule has 6 nitrogen and oxygen atoms in total. The summed E-state index contributed by atoms with van der Waals surface area (Å²) in [7, 11) is 1.73. The van der Waals surface area contributed by atoms with Gasteiger partial charge in [-0.3, -0.25) is 4.79 Å². The summed E-state index contributed by atoms with van der Waals surface area (Å²) in [6.45, 7) is 2.54. The molecule has 1 aromatic rings. The smallest absolute Gasteiger partial charge is 0.316 e. The van der Waals surface area contributed by atoms with Gasteiger partial charge in [-0.2, -0.15) is 0 Å². The zero-order chi connectivity index (χ0) is 11.1. The molecule has 0 atom stereocenters. The molecule has 84 valence electrons. The Hall–Kier alpha value is -1.11. The SMILES string of the molecule is CCCCOC(=O)CSc1nnnn1C. The van der Waals surface area contributed by atoms with Crippen LogP contribution in [-0.4, -0.2) is 38.5 Å². The first kappa shape index (κ1) is 12.0. The second-order valence-corrected chi connectivity index (χ2v) is 3.89. The third-order valence-corrected chi connectivity index (χ3v) is 2.65. The summed E-state index contributed by atoms with van der Waals surface area (Å²) in [4.78, 5) is 11.2. The van der Waals surface area contributed by atoms with Crippen LogP contribution in [0.15, 0.2) is 5.16 Å². The van der Waals surface area contributed by atoms with Crippen molar-refractivity contribution in [3.63, 3.8) is 0 Å². The minimum absolute atomic E-state index is 0.226. The number of nitrogens with zero attached hydrogens (tertiary/aromatic N) is 4. The molecule has 0 aliphatic rings. The van der Waals surface area contributed by atoms with Gasteiger partial charge in [0.25, 0.3) is 0 Å². The molecule has 0 saturated heterocycles. The van der Waals surface area contributed by atoms with Crippen LogP contribution in [-0.2, 0) is 16.6 Å². The van der Waals surface area contributed by atoms with Gasteiger partial charge >= 0.3 is 5.97 Å². The van der Waals surface area contributed by atoms with Crippen molar-refractivity contribution in [2.45, 2.75) is 24.9 Å². The van der Waals surface area contributed by atoms with E-state index in [0.717, 1.165) is 12.8 Å². The van der Waals surface area contributed by atoms with E-state index in [1.54, 1.807) is 7.05 Å². The summed E-state index contributed by atoms with van der Waals surface area (Å²) in [5, 5.41) is 11.5. The zero-order valence-electron chi connectivity index (χ0n) is 8.84. The van der Waals surface area contributed by atoms with Gasteiger partial charge in [0.1, 0.15) is 0 Å². The van der Waals surface area contributed by atoms with Crippen LogP contribution in [0.1, 0.15) is 19.8 Å². The number of ether oxygens (including phenoxy) is 1. The molecule has 0 saturated carbocycles. The maximum Gasteiger partial charge on any atom is 0.316 e. The fourth-order valence-electron chi connectivity index (χ4n) is 0.839. The second-order valence-electron chi connectivity index (χ2n) is 2.95. The summed E-state index contributed by atoms with van der Waals surface area (Å²) in [6, 6.07) is 0. The van der Waals surface area contributed by atoms with E-state index in [9.17, 15) is 4.79 Å². The van der Waals surface area contributed by atoms with Gasteiger partial charge in [0.15, 0.2) is 0 Å². The Kier molecular flexibility index (Phi) is 5.09. The molecule has 1 heterocycles. The predicted molar refractivity (Wildman–Crippen MR) is 55.4 cm³/mol. The van der Waals surface area contributed by atoms with Crippen LogP contribution in [0.5, 0.6) is 0 Å². The highest BCUT2D eigenvalue weighted by Gasteiger charge is 2.08. The molecule has 7 heteroatoms. The highest BCUT2D eigenvalue weighted by molar-refractivity contribution is 7.99. The van der Waals surface area contributed by atoms with Crippen molar-refractivity contribution in [2.75, 3.05) is 12.4 Å². The molecule has 1 rings (SSSR count). The molecule has 0 aliphatic carbocycles. The molecule has 0 fully saturated rings. The third-order valence-electron chi connectivity index (χ3n) is 1.66. The van der Waals surface area contributed by atoms with Crippen LogP contribution in [0, 0.1) is 0 Å². The van der Waals surface area contributed by atoms with Crippen molar-refractivity contribution in [1.29, 1.82) is 0 Å². The fraction of sp³-hybridized carbons (Fsp3) is 0.750. The largest absolute Gasteiger partial charge is 0.465 e. The number of thioether (sulfide) groups is 1. The normalized spacial score (nSPS) is 10.3. The van der Waals surface area contributed by atoms with Crippen molar-refractivity contribution >= 4 is 17.7 Å². The van der Waals surface area contributed by atoms with Crippen LogP contribution in [0.25, 0.3) is 0 Å². The molecule has 0 N–H and O–H groups in total. The van der Waals surface area contributed by atoms with Crippen molar-refractivity contribution in [3.05, 3.63) is 0 Å². The maximum absolute atomic E-state index is 11.2. The lowest BCUT2D eigenvalue weighted by molar-refractivity contribution is -0.140. The predicted octanol–water partition coefficient (Wildman–Crippen LogP) is 0.645. The molecule has 15 heavy (non-hydrogen) atoms. The number of hydrogen-bond donors (Lipinski definition) is 0. The first-order valence-corrected chi connectivity index (χ1v) is 5.73. The number of aryl methyl sites for hydroxylation is 1. The lowest BCUT2D eigenvalue weighted by atomic mass is 10.4. The number of carbonyl (C=O) groups is 1. The molecule has 0 bridgehead atoms. The first-order chi connectivity index (χ1) is 7.24. The number of rotatable bonds is 6. The Morgan fingerprint density at radius 3 is 3.00 bits per heavy atom. The average molecular weight is 230 g/mol. The molecule has 0 aliphatic heterocycles. The molecule has 0 aromatic carbocycles. The van der Waals surface area contributed by atoms with E-state index in [2.05, 4.69) is 15.5 Å². The summed E-state index contributed by atoms with van der Waals surface area (Å²) < 4.78 is 6.50. The molecule has 0 radical (unpaired) electrons. The average Bonchev–Trinajstić information content (AvgIpc) is 2.61. The number of esters is 1. The van der Waals surface area contributed by atoms with Crippen LogP contribution < -0.4 is 0 Å². The van der Waals surface area contributed by atoms with E-state index in [1.807, 2.05) is 6.92 Å². The lowest BCUT2D eigenvalue weighted by Crippen LogP contribution is -2.09. The molecular weight excluding hydrogens is 216 g/mol. The minimum atomic E-state index is -0.226. The Morgan fingerprint density at radius 2 is 2.40 bits per heavy atom. The van der Waals surface area contributed by atoms with Crippen LogP contribution in [0.3, 0.4) is 0 Å². The van der Waals surface area contributed by atoms with Crippen molar-refractivity contribution < 1.29 is 9.53 Å². The van der Waals surface area contributed by atoms with E-state index in [4.69, 9.17) is 4.74 Å². The monoisotopic (exact) mass is 230 g/mol. The highest BCUT2D eigenvalue weighted by atomic mass is 32.2. The summed E-state index contributed by atoms with van der Waals surface area (Å²) >= 11 is 1.27. The molecule has 0 unspecified atom stereocenters. The quantitative estimate of drug-likeness (QED) is 0.406. The topological polar surface area (TPSA) is 69.9 Å². The molecular formula is C8H14N4O2S. The van der Waals surface area contributed by atoms with Gasteiger partial charge in [-0.1, -0.05) is 25.1 Å². The number of hydrogen-bond acceptors (Lipinski definition) is 6. The maximum atomic E-state index is 11.2. The van der Waals surface area contributed by atoms with E-state index in [1.165, 1.54) is 16.4 Å². The van der Waals surface area contributed by atoms with E-state index >= 15 is 0 Å².